The molecule has 148 valence electrons. The van der Waals surface area contributed by atoms with Crippen molar-refractivity contribution in [3.05, 3.63) is 83.9 Å². The van der Waals surface area contributed by atoms with Gasteiger partial charge in [-0.15, -0.1) is 0 Å². The first-order valence-electron chi connectivity index (χ1n) is 9.31. The summed E-state index contributed by atoms with van der Waals surface area (Å²) in [5.74, 6) is -2.08. The van der Waals surface area contributed by atoms with Gasteiger partial charge >= 0.3 is 5.97 Å². The highest BCUT2D eigenvalue weighted by Gasteiger charge is 2.25. The number of hydrogen-bond donors (Lipinski definition) is 3. The van der Waals surface area contributed by atoms with E-state index in [1.807, 2.05) is 42.5 Å². The van der Waals surface area contributed by atoms with Crippen molar-refractivity contribution in [3.8, 4) is 0 Å². The van der Waals surface area contributed by atoms with Gasteiger partial charge in [0.1, 0.15) is 12.1 Å². The molecule has 3 aromatic rings. The summed E-state index contributed by atoms with van der Waals surface area (Å²) in [4.78, 5) is 36.4. The van der Waals surface area contributed by atoms with E-state index in [1.165, 1.54) is 6.92 Å². The molecule has 2 atom stereocenters. The normalized spacial score (nSPS) is 12.7. The van der Waals surface area contributed by atoms with Gasteiger partial charge in [-0.05, 0) is 35.4 Å². The molecule has 0 aliphatic heterocycles. The van der Waals surface area contributed by atoms with E-state index in [0.29, 0.717) is 5.56 Å². The van der Waals surface area contributed by atoms with E-state index in [9.17, 15) is 14.4 Å². The molecule has 0 aromatic heterocycles. The van der Waals surface area contributed by atoms with Gasteiger partial charge in [-0.3, -0.25) is 14.4 Å². The van der Waals surface area contributed by atoms with E-state index >= 15 is 0 Å². The summed E-state index contributed by atoms with van der Waals surface area (Å²) in [5, 5.41) is 16.3. The molecular formula is C23H22N2O4. The Morgan fingerprint density at radius 2 is 1.52 bits per heavy atom. The van der Waals surface area contributed by atoms with Gasteiger partial charge in [0.05, 0.1) is 0 Å². The van der Waals surface area contributed by atoms with Gasteiger partial charge in [0.25, 0.3) is 5.91 Å². The number of carbonyl (C=O) groups excluding carboxylic acids is 2. The van der Waals surface area contributed by atoms with Crippen molar-refractivity contribution in [1.82, 2.24) is 10.6 Å². The smallest absolute Gasteiger partial charge is 0.325 e. The molecule has 6 heteroatoms. The quantitative estimate of drug-likeness (QED) is 0.578. The SMILES string of the molecule is C[C@H](NC(=O)[C@H](Cc1ccc2ccccc2c1)NC(=O)c1ccccc1)C(=O)O. The zero-order chi connectivity index (χ0) is 20.8. The minimum absolute atomic E-state index is 0.238. The minimum atomic E-state index is -1.14. The van der Waals surface area contributed by atoms with Crippen LogP contribution in [0.25, 0.3) is 10.8 Å². The van der Waals surface area contributed by atoms with E-state index in [1.54, 1.807) is 30.3 Å². The van der Waals surface area contributed by atoms with E-state index in [2.05, 4.69) is 10.6 Å². The summed E-state index contributed by atoms with van der Waals surface area (Å²) in [6, 6.07) is 20.3. The largest absolute Gasteiger partial charge is 0.480 e. The molecule has 0 aliphatic rings. The van der Waals surface area contributed by atoms with Crippen molar-refractivity contribution in [2.24, 2.45) is 0 Å². The van der Waals surface area contributed by atoms with E-state index in [0.717, 1.165) is 16.3 Å². The van der Waals surface area contributed by atoms with Crippen molar-refractivity contribution in [1.29, 1.82) is 0 Å². The van der Waals surface area contributed by atoms with Gasteiger partial charge in [0, 0.05) is 12.0 Å². The number of hydrogen-bond acceptors (Lipinski definition) is 3. The zero-order valence-electron chi connectivity index (χ0n) is 16.0. The summed E-state index contributed by atoms with van der Waals surface area (Å²) < 4.78 is 0. The molecule has 0 fully saturated rings. The van der Waals surface area contributed by atoms with Crippen LogP contribution in [0.15, 0.2) is 72.8 Å². The molecule has 0 heterocycles. The lowest BCUT2D eigenvalue weighted by Crippen LogP contribution is -2.51. The first-order valence-corrected chi connectivity index (χ1v) is 9.31. The van der Waals surface area contributed by atoms with Gasteiger partial charge in [-0.25, -0.2) is 0 Å². The Bertz CT molecular complexity index is 1030. The monoisotopic (exact) mass is 390 g/mol. The van der Waals surface area contributed by atoms with Gasteiger partial charge in [-0.1, -0.05) is 60.7 Å². The Hall–Kier alpha value is -3.67. The van der Waals surface area contributed by atoms with E-state index in [4.69, 9.17) is 5.11 Å². The van der Waals surface area contributed by atoms with Crippen LogP contribution in [0.3, 0.4) is 0 Å². The molecule has 6 nitrogen and oxygen atoms in total. The van der Waals surface area contributed by atoms with Crippen LogP contribution in [-0.2, 0) is 16.0 Å². The molecule has 29 heavy (non-hydrogen) atoms. The Morgan fingerprint density at radius 1 is 0.862 bits per heavy atom. The van der Waals surface area contributed by atoms with Crippen LogP contribution in [0.5, 0.6) is 0 Å². The summed E-state index contributed by atoms with van der Waals surface area (Å²) in [7, 11) is 0. The number of carboxylic acids is 1. The number of amides is 2. The van der Waals surface area contributed by atoms with E-state index in [-0.39, 0.29) is 6.42 Å². The number of nitrogens with one attached hydrogen (secondary N) is 2. The van der Waals surface area contributed by atoms with Crippen molar-refractivity contribution < 1.29 is 19.5 Å². The maximum absolute atomic E-state index is 12.7. The molecule has 0 bridgehead atoms. The second-order valence-corrected chi connectivity index (χ2v) is 6.85. The maximum atomic E-state index is 12.7. The Balaban J connectivity index is 1.83. The van der Waals surface area contributed by atoms with Crippen LogP contribution in [-0.4, -0.2) is 35.0 Å². The van der Waals surface area contributed by atoms with Gasteiger partial charge in [-0.2, -0.15) is 0 Å². The van der Waals surface area contributed by atoms with Crippen molar-refractivity contribution in [2.75, 3.05) is 0 Å². The summed E-state index contributed by atoms with van der Waals surface area (Å²) in [6.07, 6.45) is 0.238. The molecule has 2 amide bonds. The fourth-order valence-corrected chi connectivity index (χ4v) is 3.02. The lowest BCUT2D eigenvalue weighted by molar-refractivity contribution is -0.141. The number of rotatable bonds is 7. The van der Waals surface area contributed by atoms with Crippen LogP contribution < -0.4 is 10.6 Å². The third-order valence-corrected chi connectivity index (χ3v) is 4.64. The highest BCUT2D eigenvalue weighted by molar-refractivity contribution is 5.98. The third-order valence-electron chi connectivity index (χ3n) is 4.64. The van der Waals surface area contributed by atoms with Crippen molar-refractivity contribution in [2.45, 2.75) is 25.4 Å². The predicted molar refractivity (Wildman–Crippen MR) is 111 cm³/mol. The Labute approximate surface area is 168 Å². The molecule has 0 saturated heterocycles. The second kappa shape index (κ2) is 9.01. The molecule has 0 unspecified atom stereocenters. The molecule has 3 rings (SSSR count). The summed E-state index contributed by atoms with van der Waals surface area (Å²) in [6.45, 7) is 1.38. The summed E-state index contributed by atoms with van der Waals surface area (Å²) in [5.41, 5.74) is 1.29. The molecule has 0 spiro atoms. The average Bonchev–Trinajstić information content (AvgIpc) is 2.73. The molecule has 0 saturated carbocycles. The van der Waals surface area contributed by atoms with Crippen LogP contribution in [0, 0.1) is 0 Å². The number of aliphatic carboxylic acids is 1. The summed E-state index contributed by atoms with van der Waals surface area (Å²) >= 11 is 0. The number of benzene rings is 3. The van der Waals surface area contributed by atoms with Crippen molar-refractivity contribution in [3.63, 3.8) is 0 Å². The topological polar surface area (TPSA) is 95.5 Å². The van der Waals surface area contributed by atoms with Crippen LogP contribution in [0.1, 0.15) is 22.8 Å². The second-order valence-electron chi connectivity index (χ2n) is 6.85. The maximum Gasteiger partial charge on any atom is 0.325 e. The first-order chi connectivity index (χ1) is 13.9. The minimum Gasteiger partial charge on any atom is -0.480 e. The molecule has 3 N–H and O–H groups in total. The first kappa shape index (κ1) is 20.1. The molecular weight excluding hydrogens is 368 g/mol. The number of carbonyl (C=O) groups is 3. The van der Waals surface area contributed by atoms with Crippen LogP contribution in [0.4, 0.5) is 0 Å². The van der Waals surface area contributed by atoms with Gasteiger partial charge in [0.2, 0.25) is 5.91 Å². The van der Waals surface area contributed by atoms with Gasteiger partial charge < -0.3 is 15.7 Å². The standard InChI is InChI=1S/C23H22N2O4/c1-15(23(28)29)24-22(27)20(25-21(26)18-8-3-2-4-9-18)14-16-11-12-17-7-5-6-10-19(17)13-16/h2-13,15,20H,14H2,1H3,(H,24,27)(H,25,26)(H,28,29)/t15-,20-/m0/s1. The lowest BCUT2D eigenvalue weighted by Gasteiger charge is -2.20. The predicted octanol–water partition coefficient (Wildman–Crippen LogP) is 2.77. The van der Waals surface area contributed by atoms with Crippen LogP contribution >= 0.6 is 0 Å². The average molecular weight is 390 g/mol. The highest BCUT2D eigenvalue weighted by atomic mass is 16.4. The van der Waals surface area contributed by atoms with Crippen molar-refractivity contribution >= 4 is 28.6 Å². The Morgan fingerprint density at radius 3 is 2.21 bits per heavy atom. The number of carboxylic acid groups (broad SMARTS) is 1. The van der Waals surface area contributed by atoms with E-state index < -0.39 is 29.9 Å². The van der Waals surface area contributed by atoms with Crippen LogP contribution in [0.2, 0.25) is 0 Å². The Kier molecular flexibility index (Phi) is 6.24. The highest BCUT2D eigenvalue weighted by Crippen LogP contribution is 2.17. The zero-order valence-corrected chi connectivity index (χ0v) is 16.0. The molecule has 0 radical (unpaired) electrons. The van der Waals surface area contributed by atoms with Gasteiger partial charge in [0.15, 0.2) is 0 Å². The third kappa shape index (κ3) is 5.19. The molecule has 3 aromatic carbocycles. The lowest BCUT2D eigenvalue weighted by atomic mass is 10.0. The number of fused-ring (bicyclic) bond motifs is 1. The fourth-order valence-electron chi connectivity index (χ4n) is 3.02. The fraction of sp³-hybridized carbons (Fsp3) is 0.174. The molecule has 0 aliphatic carbocycles.